The molecule has 1 saturated carbocycles. The molecule has 0 spiro atoms. The van der Waals surface area contributed by atoms with Crippen molar-refractivity contribution in [2.75, 3.05) is 12.0 Å². The molecular formula is C29H33N3O4. The lowest BCUT2D eigenvalue weighted by molar-refractivity contribution is 0.0145. The van der Waals surface area contributed by atoms with E-state index in [1.54, 1.807) is 6.20 Å². The second-order valence-electron chi connectivity index (χ2n) is 10.5. The van der Waals surface area contributed by atoms with Crippen LogP contribution in [0.3, 0.4) is 0 Å². The van der Waals surface area contributed by atoms with Crippen molar-refractivity contribution in [3.63, 3.8) is 0 Å². The molecule has 3 aliphatic rings. The monoisotopic (exact) mass is 487 g/mol. The number of ether oxygens (including phenoxy) is 2. The first-order chi connectivity index (χ1) is 17.5. The van der Waals surface area contributed by atoms with Crippen LogP contribution in [0.25, 0.3) is 11.3 Å². The van der Waals surface area contributed by atoms with E-state index in [0.29, 0.717) is 30.2 Å². The first kappa shape index (κ1) is 23.2. The number of carbonyl (C=O) groups is 1. The number of aryl methyl sites for hydroxylation is 2. The summed E-state index contributed by atoms with van der Waals surface area (Å²) >= 11 is 0. The molecule has 1 aliphatic carbocycles. The number of carbonyl (C=O) groups excluding carboxylic acids is 1. The van der Waals surface area contributed by atoms with Gasteiger partial charge in [0.15, 0.2) is 0 Å². The lowest BCUT2D eigenvalue weighted by atomic mass is 9.98. The second kappa shape index (κ2) is 9.36. The van der Waals surface area contributed by atoms with E-state index in [-0.39, 0.29) is 12.1 Å². The Morgan fingerprint density at radius 3 is 2.50 bits per heavy atom. The predicted molar refractivity (Wildman–Crippen MR) is 136 cm³/mol. The van der Waals surface area contributed by atoms with Gasteiger partial charge in [0.05, 0.1) is 25.4 Å². The fourth-order valence-electron chi connectivity index (χ4n) is 6.06. The highest BCUT2D eigenvalue weighted by atomic mass is 16.5. The Balaban J connectivity index is 1.18. The number of rotatable bonds is 7. The molecule has 3 fully saturated rings. The first-order valence-corrected chi connectivity index (χ1v) is 13.0. The molecule has 0 radical (unpaired) electrons. The van der Waals surface area contributed by atoms with Crippen molar-refractivity contribution in [2.24, 2.45) is 0 Å². The molecule has 7 nitrogen and oxygen atoms in total. The van der Waals surface area contributed by atoms with Gasteiger partial charge in [0.1, 0.15) is 17.3 Å². The average molecular weight is 488 g/mol. The Labute approximate surface area is 211 Å². The Morgan fingerprint density at radius 1 is 1.08 bits per heavy atom. The minimum absolute atomic E-state index is 0.195. The maximum absolute atomic E-state index is 11.9. The first-order valence-electron chi connectivity index (χ1n) is 13.0. The number of nitrogens with zero attached hydrogens (tertiary/aromatic N) is 3. The van der Waals surface area contributed by atoms with Crippen LogP contribution in [0.2, 0.25) is 0 Å². The van der Waals surface area contributed by atoms with Crippen LogP contribution in [0.1, 0.15) is 77.3 Å². The molecular weight excluding hydrogens is 454 g/mol. The van der Waals surface area contributed by atoms with Crippen LogP contribution in [-0.2, 0) is 16.1 Å². The summed E-state index contributed by atoms with van der Waals surface area (Å²) in [5, 5.41) is 4.50. The van der Waals surface area contributed by atoms with E-state index in [2.05, 4.69) is 46.2 Å². The average Bonchev–Trinajstić information content (AvgIpc) is 3.59. The van der Waals surface area contributed by atoms with Gasteiger partial charge in [-0.25, -0.2) is 9.78 Å². The largest absolute Gasteiger partial charge is 0.465 e. The number of esters is 1. The summed E-state index contributed by atoms with van der Waals surface area (Å²) in [6.45, 7) is 4.68. The molecule has 188 valence electrons. The molecule has 2 bridgehead atoms. The zero-order valence-corrected chi connectivity index (χ0v) is 21.2. The molecule has 6 rings (SSSR count). The molecule has 2 aliphatic heterocycles. The molecule has 3 aromatic rings. The molecule has 0 N–H and O–H groups in total. The van der Waals surface area contributed by atoms with Crippen LogP contribution >= 0.6 is 0 Å². The molecule has 4 heterocycles. The SMILES string of the molecule is COC(=O)c1cnc(N2C3CC[C@H]2CC(OCc2c(-c4ccccc4C)noc2C2CC2)C3)c(C)c1. The molecule has 0 amide bonds. The van der Waals surface area contributed by atoms with Crippen LogP contribution < -0.4 is 4.90 Å². The van der Waals surface area contributed by atoms with E-state index >= 15 is 0 Å². The third-order valence-corrected chi connectivity index (χ3v) is 8.04. The number of aromatic nitrogens is 2. The van der Waals surface area contributed by atoms with Gasteiger partial charge < -0.3 is 18.9 Å². The van der Waals surface area contributed by atoms with Gasteiger partial charge in [-0.15, -0.1) is 0 Å². The molecule has 1 aromatic carbocycles. The molecule has 7 heteroatoms. The zero-order chi connectivity index (χ0) is 24.8. The smallest absolute Gasteiger partial charge is 0.339 e. The van der Waals surface area contributed by atoms with Crippen LogP contribution in [0, 0.1) is 13.8 Å². The second-order valence-corrected chi connectivity index (χ2v) is 10.5. The van der Waals surface area contributed by atoms with Gasteiger partial charge in [-0.3, -0.25) is 0 Å². The molecule has 2 aromatic heterocycles. The number of anilines is 1. The zero-order valence-electron chi connectivity index (χ0n) is 21.2. The minimum Gasteiger partial charge on any atom is -0.465 e. The lowest BCUT2D eigenvalue weighted by Crippen LogP contribution is -2.46. The van der Waals surface area contributed by atoms with Crippen LogP contribution in [0.4, 0.5) is 5.82 Å². The van der Waals surface area contributed by atoms with Crippen LogP contribution in [0.5, 0.6) is 0 Å². The van der Waals surface area contributed by atoms with E-state index in [0.717, 1.165) is 59.6 Å². The van der Waals surface area contributed by atoms with E-state index in [1.807, 2.05) is 13.0 Å². The summed E-state index contributed by atoms with van der Waals surface area (Å²) in [5.41, 5.74) is 5.88. The summed E-state index contributed by atoms with van der Waals surface area (Å²) < 4.78 is 17.3. The van der Waals surface area contributed by atoms with Gasteiger partial charge >= 0.3 is 5.97 Å². The fourth-order valence-corrected chi connectivity index (χ4v) is 6.06. The van der Waals surface area contributed by atoms with E-state index < -0.39 is 0 Å². The molecule has 2 saturated heterocycles. The summed E-state index contributed by atoms with van der Waals surface area (Å²) in [6, 6.07) is 11.0. The van der Waals surface area contributed by atoms with Crippen molar-refractivity contribution in [1.29, 1.82) is 0 Å². The normalized spacial score (nSPS) is 23.2. The highest BCUT2D eigenvalue weighted by molar-refractivity contribution is 5.89. The van der Waals surface area contributed by atoms with Crippen molar-refractivity contribution in [2.45, 2.75) is 83.1 Å². The standard InChI is InChI=1S/C29H33N3O4/c1-17-6-4-5-7-24(17)26-25(27(36-31-26)19-8-9-19)16-35-23-13-21-10-11-22(14-23)32(21)28-18(2)12-20(15-30-28)29(33)34-3/h4-7,12,15,19,21-23H,8-11,13-14,16H2,1-3H3/t21-,22?,23?/m0/s1. The van der Waals surface area contributed by atoms with E-state index in [1.165, 1.54) is 25.5 Å². The van der Waals surface area contributed by atoms with Crippen molar-refractivity contribution in [1.82, 2.24) is 10.1 Å². The molecule has 3 atom stereocenters. The third-order valence-electron chi connectivity index (χ3n) is 8.04. The van der Waals surface area contributed by atoms with Gasteiger partial charge in [0, 0.05) is 35.3 Å². The van der Waals surface area contributed by atoms with Crippen LogP contribution in [0.15, 0.2) is 41.1 Å². The van der Waals surface area contributed by atoms with E-state index in [9.17, 15) is 4.79 Å². The highest BCUT2D eigenvalue weighted by Gasteiger charge is 2.43. The highest BCUT2D eigenvalue weighted by Crippen LogP contribution is 2.45. The minimum atomic E-state index is -0.350. The summed E-state index contributed by atoms with van der Waals surface area (Å²) in [7, 11) is 1.40. The number of benzene rings is 1. The van der Waals surface area contributed by atoms with Gasteiger partial charge in [-0.2, -0.15) is 0 Å². The number of fused-ring (bicyclic) bond motifs is 2. The maximum Gasteiger partial charge on any atom is 0.339 e. The lowest BCUT2D eigenvalue weighted by Gasteiger charge is -2.40. The summed E-state index contributed by atoms with van der Waals surface area (Å²) in [5.74, 6) is 2.12. The van der Waals surface area contributed by atoms with Crippen molar-refractivity contribution in [3.8, 4) is 11.3 Å². The van der Waals surface area contributed by atoms with Crippen molar-refractivity contribution >= 4 is 11.8 Å². The number of hydrogen-bond acceptors (Lipinski definition) is 7. The maximum atomic E-state index is 11.9. The third kappa shape index (κ3) is 4.19. The Bertz CT molecular complexity index is 1270. The Kier molecular flexibility index (Phi) is 6.04. The van der Waals surface area contributed by atoms with E-state index in [4.69, 9.17) is 14.0 Å². The Morgan fingerprint density at radius 2 is 1.83 bits per heavy atom. The van der Waals surface area contributed by atoms with Gasteiger partial charge in [0.2, 0.25) is 0 Å². The van der Waals surface area contributed by atoms with Crippen LogP contribution in [-0.4, -0.2) is 41.4 Å². The molecule has 2 unspecified atom stereocenters. The Hall–Kier alpha value is -3.19. The number of pyridine rings is 1. The number of hydrogen-bond donors (Lipinski definition) is 0. The van der Waals surface area contributed by atoms with Gasteiger partial charge in [0.25, 0.3) is 0 Å². The quantitative estimate of drug-likeness (QED) is 0.394. The van der Waals surface area contributed by atoms with Gasteiger partial charge in [-0.05, 0) is 69.6 Å². The summed E-state index contributed by atoms with van der Waals surface area (Å²) in [4.78, 5) is 19.0. The number of piperidine rings is 1. The summed E-state index contributed by atoms with van der Waals surface area (Å²) in [6.07, 6.45) is 8.38. The van der Waals surface area contributed by atoms with Crippen molar-refractivity contribution in [3.05, 3.63) is 64.5 Å². The van der Waals surface area contributed by atoms with Gasteiger partial charge in [-0.1, -0.05) is 29.4 Å². The van der Waals surface area contributed by atoms with Crippen molar-refractivity contribution < 1.29 is 18.8 Å². The molecule has 36 heavy (non-hydrogen) atoms. The number of methoxy groups -OCH3 is 1. The predicted octanol–water partition coefficient (Wildman–Crippen LogP) is 5.73. The topological polar surface area (TPSA) is 77.7 Å². The fraction of sp³-hybridized carbons (Fsp3) is 0.483.